The largest absolute Gasteiger partial charge is 0.492 e. The fourth-order valence-corrected chi connectivity index (χ4v) is 2.06. The van der Waals surface area contributed by atoms with E-state index in [9.17, 15) is 0 Å². The summed E-state index contributed by atoms with van der Waals surface area (Å²) in [6.07, 6.45) is 3.08. The van der Waals surface area contributed by atoms with Crippen molar-refractivity contribution in [1.29, 1.82) is 0 Å². The third-order valence-electron chi connectivity index (χ3n) is 2.33. The lowest BCUT2D eigenvalue weighted by Gasteiger charge is -2.14. The fourth-order valence-electron chi connectivity index (χ4n) is 1.54. The summed E-state index contributed by atoms with van der Waals surface area (Å²) in [7, 11) is 0. The molecular weight excluding hydrogens is 266 g/mol. The highest BCUT2D eigenvalue weighted by Crippen LogP contribution is 2.30. The summed E-state index contributed by atoms with van der Waals surface area (Å²) >= 11 is 3.52. The molecule has 1 rings (SSSR count). The summed E-state index contributed by atoms with van der Waals surface area (Å²) in [4.78, 5) is 0. The van der Waals surface area contributed by atoms with Gasteiger partial charge in [-0.25, -0.2) is 0 Å². The van der Waals surface area contributed by atoms with Crippen molar-refractivity contribution in [1.82, 2.24) is 0 Å². The molecule has 0 aliphatic heterocycles. The Kier molecular flexibility index (Phi) is 5.85. The van der Waals surface area contributed by atoms with Gasteiger partial charge in [0.05, 0.1) is 11.1 Å². The zero-order valence-electron chi connectivity index (χ0n) is 10.0. The maximum absolute atomic E-state index is 5.83. The van der Waals surface area contributed by atoms with Crippen LogP contribution in [0, 0.1) is 0 Å². The van der Waals surface area contributed by atoms with Crippen molar-refractivity contribution in [3.8, 4) is 5.75 Å². The molecule has 0 radical (unpaired) electrons. The Morgan fingerprint density at radius 1 is 1.44 bits per heavy atom. The Hall–Kier alpha value is -0.540. The van der Waals surface area contributed by atoms with Crippen molar-refractivity contribution in [3.63, 3.8) is 0 Å². The molecule has 0 aromatic heterocycles. The molecule has 90 valence electrons. The molecule has 0 fully saturated rings. The first-order chi connectivity index (χ1) is 7.65. The number of nitrogens with two attached hydrogens (primary N) is 1. The van der Waals surface area contributed by atoms with Crippen LogP contribution in [0.15, 0.2) is 22.7 Å². The van der Waals surface area contributed by atoms with Crippen molar-refractivity contribution in [2.24, 2.45) is 5.73 Å². The second kappa shape index (κ2) is 6.92. The third-order valence-corrected chi connectivity index (χ3v) is 2.96. The number of benzene rings is 1. The van der Waals surface area contributed by atoms with E-state index >= 15 is 0 Å². The predicted molar refractivity (Wildman–Crippen MR) is 71.9 cm³/mol. The Balaban J connectivity index is 2.77. The van der Waals surface area contributed by atoms with Crippen molar-refractivity contribution < 1.29 is 4.74 Å². The van der Waals surface area contributed by atoms with Gasteiger partial charge >= 0.3 is 0 Å². The van der Waals surface area contributed by atoms with Gasteiger partial charge in [0.1, 0.15) is 5.75 Å². The van der Waals surface area contributed by atoms with Gasteiger partial charge < -0.3 is 10.5 Å². The molecule has 0 saturated carbocycles. The van der Waals surface area contributed by atoms with E-state index in [0.717, 1.165) is 36.1 Å². The summed E-state index contributed by atoms with van der Waals surface area (Å²) in [6.45, 7) is 4.94. The Morgan fingerprint density at radius 2 is 2.19 bits per heavy atom. The van der Waals surface area contributed by atoms with Crippen LogP contribution in [0.2, 0.25) is 0 Å². The summed E-state index contributed by atoms with van der Waals surface area (Å²) in [6, 6.07) is 6.26. The highest BCUT2D eigenvalue weighted by atomic mass is 79.9. The fraction of sp³-hybridized carbons (Fsp3) is 0.538. The van der Waals surface area contributed by atoms with E-state index in [0.29, 0.717) is 0 Å². The highest BCUT2D eigenvalue weighted by molar-refractivity contribution is 9.10. The quantitative estimate of drug-likeness (QED) is 0.812. The third kappa shape index (κ3) is 4.14. The Labute approximate surface area is 106 Å². The number of ether oxygens (including phenoxy) is 1. The minimum Gasteiger partial charge on any atom is -0.492 e. The van der Waals surface area contributed by atoms with Crippen molar-refractivity contribution in [2.75, 3.05) is 6.61 Å². The first kappa shape index (κ1) is 13.5. The topological polar surface area (TPSA) is 35.2 Å². The molecule has 0 amide bonds. The second-order valence-corrected chi connectivity index (χ2v) is 4.97. The van der Waals surface area contributed by atoms with Crippen LogP contribution in [-0.4, -0.2) is 12.6 Å². The zero-order valence-corrected chi connectivity index (χ0v) is 11.6. The van der Waals surface area contributed by atoms with E-state index < -0.39 is 0 Å². The molecule has 1 aromatic rings. The van der Waals surface area contributed by atoms with Crippen LogP contribution in [0.3, 0.4) is 0 Å². The molecule has 1 atom stereocenters. The Bertz CT molecular complexity index is 326. The monoisotopic (exact) mass is 285 g/mol. The van der Waals surface area contributed by atoms with Gasteiger partial charge in [-0.2, -0.15) is 0 Å². The van der Waals surface area contributed by atoms with E-state index in [1.54, 1.807) is 0 Å². The first-order valence-electron chi connectivity index (χ1n) is 5.81. The zero-order chi connectivity index (χ0) is 12.0. The van der Waals surface area contributed by atoms with Gasteiger partial charge in [0.25, 0.3) is 0 Å². The number of para-hydroxylation sites is 1. The SMILES string of the molecule is CCCCOc1c(Br)cccc1CC(C)N. The van der Waals surface area contributed by atoms with Crippen LogP contribution in [0.1, 0.15) is 32.3 Å². The van der Waals surface area contributed by atoms with E-state index in [4.69, 9.17) is 10.5 Å². The molecule has 0 aliphatic carbocycles. The molecule has 2 nitrogen and oxygen atoms in total. The molecule has 0 bridgehead atoms. The molecule has 0 aliphatic rings. The molecule has 1 unspecified atom stereocenters. The number of unbranched alkanes of at least 4 members (excludes halogenated alkanes) is 1. The van der Waals surface area contributed by atoms with E-state index in [2.05, 4.69) is 28.9 Å². The molecular formula is C13H20BrNO. The van der Waals surface area contributed by atoms with Gasteiger partial charge in [-0.1, -0.05) is 25.5 Å². The van der Waals surface area contributed by atoms with Crippen LogP contribution in [0.4, 0.5) is 0 Å². The summed E-state index contributed by atoms with van der Waals surface area (Å²) in [5.41, 5.74) is 7.01. The van der Waals surface area contributed by atoms with Crippen molar-refractivity contribution in [3.05, 3.63) is 28.2 Å². The van der Waals surface area contributed by atoms with E-state index in [-0.39, 0.29) is 6.04 Å². The van der Waals surface area contributed by atoms with Crippen LogP contribution < -0.4 is 10.5 Å². The van der Waals surface area contributed by atoms with E-state index in [1.165, 1.54) is 5.56 Å². The summed E-state index contributed by atoms with van der Waals surface area (Å²) in [5.74, 6) is 0.952. The molecule has 2 N–H and O–H groups in total. The highest BCUT2D eigenvalue weighted by Gasteiger charge is 2.09. The number of hydrogen-bond acceptors (Lipinski definition) is 2. The second-order valence-electron chi connectivity index (χ2n) is 4.11. The number of rotatable bonds is 6. The van der Waals surface area contributed by atoms with Crippen molar-refractivity contribution in [2.45, 2.75) is 39.2 Å². The summed E-state index contributed by atoms with van der Waals surface area (Å²) in [5, 5.41) is 0. The van der Waals surface area contributed by atoms with Crippen LogP contribution in [0.25, 0.3) is 0 Å². The first-order valence-corrected chi connectivity index (χ1v) is 6.60. The number of halogens is 1. The normalized spacial score (nSPS) is 12.5. The molecule has 1 aromatic carbocycles. The average Bonchev–Trinajstić information content (AvgIpc) is 2.21. The lowest BCUT2D eigenvalue weighted by Crippen LogP contribution is -2.18. The molecule has 0 spiro atoms. The Morgan fingerprint density at radius 3 is 2.81 bits per heavy atom. The lowest BCUT2D eigenvalue weighted by molar-refractivity contribution is 0.304. The maximum atomic E-state index is 5.83. The van der Waals surface area contributed by atoms with Crippen LogP contribution in [-0.2, 0) is 6.42 Å². The van der Waals surface area contributed by atoms with Gasteiger partial charge in [0.2, 0.25) is 0 Å². The average molecular weight is 286 g/mol. The van der Waals surface area contributed by atoms with Crippen LogP contribution in [0.5, 0.6) is 5.75 Å². The van der Waals surface area contributed by atoms with E-state index in [1.807, 2.05) is 19.1 Å². The van der Waals surface area contributed by atoms with Gasteiger partial charge in [0, 0.05) is 6.04 Å². The van der Waals surface area contributed by atoms with Gasteiger partial charge in [-0.3, -0.25) is 0 Å². The lowest BCUT2D eigenvalue weighted by atomic mass is 10.1. The number of hydrogen-bond donors (Lipinski definition) is 1. The standard InChI is InChI=1S/C13H20BrNO/c1-3-4-8-16-13-11(9-10(2)15)6-5-7-12(13)14/h5-7,10H,3-4,8-9,15H2,1-2H3. The molecule has 16 heavy (non-hydrogen) atoms. The molecule has 0 saturated heterocycles. The van der Waals surface area contributed by atoms with Crippen LogP contribution >= 0.6 is 15.9 Å². The van der Waals surface area contributed by atoms with Gasteiger partial charge in [0.15, 0.2) is 0 Å². The minimum atomic E-state index is 0.155. The van der Waals surface area contributed by atoms with Gasteiger partial charge in [-0.05, 0) is 47.3 Å². The minimum absolute atomic E-state index is 0.155. The molecule has 3 heteroatoms. The smallest absolute Gasteiger partial charge is 0.136 e. The van der Waals surface area contributed by atoms with Crippen molar-refractivity contribution >= 4 is 15.9 Å². The maximum Gasteiger partial charge on any atom is 0.136 e. The summed E-state index contributed by atoms with van der Waals surface area (Å²) < 4.78 is 6.82. The van der Waals surface area contributed by atoms with Gasteiger partial charge in [-0.15, -0.1) is 0 Å². The predicted octanol–water partition coefficient (Wildman–Crippen LogP) is 3.52. The molecule has 0 heterocycles.